The summed E-state index contributed by atoms with van der Waals surface area (Å²) >= 11 is 8.56. The van der Waals surface area contributed by atoms with Gasteiger partial charge in [0.15, 0.2) is 10.8 Å². The number of fused-ring (bicyclic) bond motifs is 1. The van der Waals surface area contributed by atoms with E-state index in [4.69, 9.17) is 17.4 Å². The molecule has 27 heavy (non-hydrogen) atoms. The predicted molar refractivity (Wildman–Crippen MR) is 111 cm³/mol. The van der Waals surface area contributed by atoms with Crippen LogP contribution < -0.4 is 20.8 Å². The van der Waals surface area contributed by atoms with Crippen molar-refractivity contribution in [2.24, 2.45) is 10.2 Å². The number of anilines is 2. The fourth-order valence-electron chi connectivity index (χ4n) is 2.61. The molecule has 11 heteroatoms. The second-order valence-electron chi connectivity index (χ2n) is 5.57. The monoisotopic (exact) mass is 467 g/mol. The number of carbonyl (C=O) groups is 1. The molecule has 1 amide bonds. The van der Waals surface area contributed by atoms with E-state index in [2.05, 4.69) is 31.8 Å². The number of hydrazone groups is 1. The number of nitrogens with one attached hydrogen (secondary N) is 2. The first-order chi connectivity index (χ1) is 12.7. The highest BCUT2D eigenvalue weighted by Crippen LogP contribution is 2.35. The molecule has 0 radical (unpaired) electrons. The number of likely N-dealkylation sites (N-methyl/N-ethyl adjacent to an activating group) is 1. The summed E-state index contributed by atoms with van der Waals surface area (Å²) in [5.74, 6) is -0.294. The first kappa shape index (κ1) is 19.4. The van der Waals surface area contributed by atoms with Gasteiger partial charge < -0.3 is 10.2 Å². The van der Waals surface area contributed by atoms with Gasteiger partial charge in [0.1, 0.15) is 4.90 Å². The predicted octanol–water partition coefficient (Wildman–Crippen LogP) is 1.76. The number of halogens is 1. The Morgan fingerprint density at radius 2 is 1.93 bits per heavy atom. The van der Waals surface area contributed by atoms with E-state index in [-0.39, 0.29) is 27.3 Å². The number of sulfonamides is 1. The van der Waals surface area contributed by atoms with Gasteiger partial charge in [0.2, 0.25) is 10.0 Å². The van der Waals surface area contributed by atoms with Gasteiger partial charge in [-0.05, 0) is 46.3 Å². The van der Waals surface area contributed by atoms with Crippen molar-refractivity contribution in [1.29, 1.82) is 0 Å². The molecule has 0 bridgehead atoms. The van der Waals surface area contributed by atoms with E-state index in [1.54, 1.807) is 31.3 Å². The number of nitrogens with two attached hydrogens (primary N) is 1. The largest absolute Gasteiger partial charge is 0.330 e. The summed E-state index contributed by atoms with van der Waals surface area (Å²) in [5.41, 5.74) is 4.33. The number of carbonyl (C=O) groups excluding carboxylic acids is 1. The minimum Gasteiger partial charge on any atom is -0.330 e. The van der Waals surface area contributed by atoms with Crippen LogP contribution in [0.1, 0.15) is 5.56 Å². The van der Waals surface area contributed by atoms with Gasteiger partial charge in [0, 0.05) is 17.1 Å². The lowest BCUT2D eigenvalue weighted by atomic mass is 10.1. The molecule has 3 rings (SSSR count). The van der Waals surface area contributed by atoms with Crippen LogP contribution in [0.25, 0.3) is 0 Å². The normalized spacial score (nSPS) is 15.0. The number of hydrogen-bond donors (Lipinski definition) is 3. The molecular weight excluding hydrogens is 454 g/mol. The zero-order valence-corrected chi connectivity index (χ0v) is 17.2. The molecule has 140 valence electrons. The molecule has 1 aliphatic rings. The molecule has 2 aromatic carbocycles. The molecule has 8 nitrogen and oxygen atoms in total. The Labute approximate surface area is 169 Å². The number of nitrogens with zero attached hydrogens (tertiary/aromatic N) is 2. The van der Waals surface area contributed by atoms with Crippen LogP contribution in [0.15, 0.2) is 56.9 Å². The van der Waals surface area contributed by atoms with Gasteiger partial charge >= 0.3 is 0 Å². The Bertz CT molecular complexity index is 1090. The average Bonchev–Trinajstić information content (AvgIpc) is 2.84. The summed E-state index contributed by atoms with van der Waals surface area (Å²) in [6, 6.07) is 11.4. The number of thiocarbonyl (C=S) groups is 1. The van der Waals surface area contributed by atoms with Crippen LogP contribution in [0.4, 0.5) is 11.4 Å². The first-order valence-electron chi connectivity index (χ1n) is 7.53. The Kier molecular flexibility index (Phi) is 5.29. The van der Waals surface area contributed by atoms with Crippen molar-refractivity contribution >= 4 is 66.3 Å². The van der Waals surface area contributed by atoms with Crippen molar-refractivity contribution < 1.29 is 13.2 Å². The van der Waals surface area contributed by atoms with Crippen LogP contribution in [-0.4, -0.2) is 32.2 Å². The zero-order chi connectivity index (χ0) is 19.8. The van der Waals surface area contributed by atoms with Crippen molar-refractivity contribution in [3.63, 3.8) is 0 Å². The van der Waals surface area contributed by atoms with E-state index in [1.807, 2.05) is 6.07 Å². The third-order valence-corrected chi connectivity index (χ3v) is 5.60. The molecule has 2 aromatic rings. The highest BCUT2D eigenvalue weighted by atomic mass is 79.9. The molecule has 0 fully saturated rings. The van der Waals surface area contributed by atoms with Crippen molar-refractivity contribution in [2.75, 3.05) is 17.3 Å². The summed E-state index contributed by atoms with van der Waals surface area (Å²) in [4.78, 5) is 13.8. The highest BCUT2D eigenvalue weighted by molar-refractivity contribution is 9.10. The molecule has 1 heterocycles. The third-order valence-electron chi connectivity index (χ3n) is 3.80. The summed E-state index contributed by atoms with van der Waals surface area (Å²) in [6.45, 7) is 0. The minimum atomic E-state index is -3.92. The van der Waals surface area contributed by atoms with Crippen molar-refractivity contribution in [3.8, 4) is 0 Å². The smallest absolute Gasteiger partial charge is 0.279 e. The summed E-state index contributed by atoms with van der Waals surface area (Å²) in [6.07, 6.45) is 0. The van der Waals surface area contributed by atoms with Gasteiger partial charge in [-0.3, -0.25) is 10.2 Å². The summed E-state index contributed by atoms with van der Waals surface area (Å²) < 4.78 is 24.1. The molecule has 0 saturated carbocycles. The van der Waals surface area contributed by atoms with E-state index in [9.17, 15) is 13.2 Å². The Morgan fingerprint density at radius 1 is 1.22 bits per heavy atom. The van der Waals surface area contributed by atoms with Crippen LogP contribution in [0.2, 0.25) is 0 Å². The maximum Gasteiger partial charge on any atom is 0.279 e. The fraction of sp³-hybridized carbons (Fsp3) is 0.0625. The Hall–Kier alpha value is -2.34. The maximum absolute atomic E-state index is 12.4. The maximum atomic E-state index is 12.4. The van der Waals surface area contributed by atoms with Gasteiger partial charge in [0.25, 0.3) is 5.91 Å². The standard InChI is InChI=1S/C16H14BrN5O3S2/c1-22-14-9(5-4-6-10(14)17)13(15(22)23)20-21-16(26)19-11-7-2-3-8-12(11)27(18,24)25/h2-8H,1H3,(H2,18,24,25)(H2,19,21,26). The zero-order valence-electron chi connectivity index (χ0n) is 13.9. The van der Waals surface area contributed by atoms with Crippen LogP contribution in [0, 0.1) is 0 Å². The lowest BCUT2D eigenvalue weighted by Crippen LogP contribution is -2.30. The second kappa shape index (κ2) is 7.35. The SMILES string of the molecule is CN1C(=O)C(=NNC(=S)Nc2ccccc2S(N)(=O)=O)c2cccc(Br)c21. The number of hydrogen-bond acceptors (Lipinski definition) is 5. The Balaban J connectivity index is 1.83. The second-order valence-corrected chi connectivity index (χ2v) is 8.36. The number of primary sulfonamides is 1. The topological polar surface area (TPSA) is 117 Å². The van der Waals surface area contributed by atoms with Crippen LogP contribution in [-0.2, 0) is 14.8 Å². The van der Waals surface area contributed by atoms with Gasteiger partial charge in [-0.2, -0.15) is 5.10 Å². The Morgan fingerprint density at radius 3 is 2.63 bits per heavy atom. The summed E-state index contributed by atoms with van der Waals surface area (Å²) in [5, 5.41) is 12.0. The quantitative estimate of drug-likeness (QED) is 0.467. The fourth-order valence-corrected chi connectivity index (χ4v) is 4.09. The molecule has 0 saturated heterocycles. The van der Waals surface area contributed by atoms with E-state index in [0.717, 1.165) is 4.47 Å². The molecule has 0 atom stereocenters. The van der Waals surface area contributed by atoms with Crippen molar-refractivity contribution in [3.05, 3.63) is 52.5 Å². The van der Waals surface area contributed by atoms with Crippen molar-refractivity contribution in [1.82, 2.24) is 5.43 Å². The van der Waals surface area contributed by atoms with Crippen molar-refractivity contribution in [2.45, 2.75) is 4.90 Å². The van der Waals surface area contributed by atoms with Crippen LogP contribution >= 0.6 is 28.1 Å². The van der Waals surface area contributed by atoms with E-state index in [0.29, 0.717) is 11.3 Å². The van der Waals surface area contributed by atoms with Gasteiger partial charge in [-0.25, -0.2) is 13.6 Å². The molecule has 0 spiro atoms. The average molecular weight is 468 g/mol. The van der Waals surface area contributed by atoms with E-state index >= 15 is 0 Å². The van der Waals surface area contributed by atoms with Gasteiger partial charge in [-0.15, -0.1) is 0 Å². The van der Waals surface area contributed by atoms with Gasteiger partial charge in [0.05, 0.1) is 11.4 Å². The highest BCUT2D eigenvalue weighted by Gasteiger charge is 2.33. The summed E-state index contributed by atoms with van der Waals surface area (Å²) in [7, 11) is -2.28. The lowest BCUT2D eigenvalue weighted by Gasteiger charge is -2.11. The molecule has 0 aliphatic carbocycles. The van der Waals surface area contributed by atoms with E-state index in [1.165, 1.54) is 17.0 Å². The van der Waals surface area contributed by atoms with Crippen LogP contribution in [0.5, 0.6) is 0 Å². The lowest BCUT2D eigenvalue weighted by molar-refractivity contribution is -0.112. The number of benzene rings is 2. The molecule has 0 unspecified atom stereocenters. The third kappa shape index (κ3) is 3.86. The van der Waals surface area contributed by atoms with Crippen LogP contribution in [0.3, 0.4) is 0 Å². The number of amides is 1. The number of para-hydroxylation sites is 2. The van der Waals surface area contributed by atoms with Gasteiger partial charge in [-0.1, -0.05) is 24.3 Å². The van der Waals surface area contributed by atoms with E-state index < -0.39 is 10.0 Å². The molecular formula is C16H14BrN5O3S2. The number of rotatable bonds is 3. The first-order valence-corrected chi connectivity index (χ1v) is 10.3. The molecule has 0 aromatic heterocycles. The molecule has 1 aliphatic heterocycles. The minimum absolute atomic E-state index is 0.0116. The molecule has 4 N–H and O–H groups in total.